The molecule has 1 aromatic heterocycles. The number of benzene rings is 1. The molecule has 0 fully saturated rings. The molecule has 0 aliphatic carbocycles. The summed E-state index contributed by atoms with van der Waals surface area (Å²) in [4.78, 5) is 15.2. The molecule has 0 bridgehead atoms. The molecule has 0 saturated carbocycles. The van der Waals surface area contributed by atoms with Gasteiger partial charge < -0.3 is 5.73 Å². The van der Waals surface area contributed by atoms with E-state index in [9.17, 15) is 22.4 Å². The quantitative estimate of drug-likeness (QED) is 0.830. The average Bonchev–Trinajstić information content (AvgIpc) is 2.48. The second kappa shape index (κ2) is 6.74. The SMILES string of the molecule is NC(=O)[C@@H](NCc1ncccc1C(F)(F)F)c1ccc(F)cc1. The van der Waals surface area contributed by atoms with Gasteiger partial charge in [0.25, 0.3) is 0 Å². The molecule has 0 saturated heterocycles. The van der Waals surface area contributed by atoms with Crippen LogP contribution in [0.15, 0.2) is 42.6 Å². The molecular formula is C15H13F4N3O. The molecule has 1 heterocycles. The zero-order valence-corrected chi connectivity index (χ0v) is 11.8. The van der Waals surface area contributed by atoms with Crippen molar-refractivity contribution in [2.24, 2.45) is 5.73 Å². The molecule has 1 aromatic carbocycles. The first kappa shape index (κ1) is 16.9. The lowest BCUT2D eigenvalue weighted by Gasteiger charge is -2.17. The summed E-state index contributed by atoms with van der Waals surface area (Å²) in [5.74, 6) is -1.29. The number of amides is 1. The third kappa shape index (κ3) is 4.26. The van der Waals surface area contributed by atoms with Crippen LogP contribution >= 0.6 is 0 Å². The Hall–Kier alpha value is -2.48. The van der Waals surface area contributed by atoms with Gasteiger partial charge in [0.15, 0.2) is 0 Å². The Morgan fingerprint density at radius 3 is 2.43 bits per heavy atom. The number of halogens is 4. The Morgan fingerprint density at radius 2 is 1.87 bits per heavy atom. The van der Waals surface area contributed by atoms with Gasteiger partial charge in [0.05, 0.1) is 11.3 Å². The zero-order valence-electron chi connectivity index (χ0n) is 11.8. The van der Waals surface area contributed by atoms with Crippen molar-refractivity contribution in [3.05, 3.63) is 65.2 Å². The molecule has 2 rings (SSSR count). The zero-order chi connectivity index (χ0) is 17.0. The monoisotopic (exact) mass is 327 g/mol. The summed E-state index contributed by atoms with van der Waals surface area (Å²) in [6.07, 6.45) is -3.33. The Morgan fingerprint density at radius 1 is 1.22 bits per heavy atom. The molecule has 0 radical (unpaired) electrons. The van der Waals surface area contributed by atoms with Crippen molar-refractivity contribution in [1.29, 1.82) is 0 Å². The van der Waals surface area contributed by atoms with Crippen LogP contribution in [0, 0.1) is 5.82 Å². The van der Waals surface area contributed by atoms with Crippen LogP contribution in [0.1, 0.15) is 22.9 Å². The molecule has 0 aliphatic heterocycles. The first-order valence-corrected chi connectivity index (χ1v) is 6.58. The highest BCUT2D eigenvalue weighted by Gasteiger charge is 2.34. The predicted octanol–water partition coefficient (Wildman–Crippen LogP) is 2.56. The second-order valence-corrected chi connectivity index (χ2v) is 4.76. The number of nitrogens with two attached hydrogens (primary N) is 1. The van der Waals surface area contributed by atoms with Gasteiger partial charge in [-0.05, 0) is 29.8 Å². The number of nitrogens with zero attached hydrogens (tertiary/aromatic N) is 1. The summed E-state index contributed by atoms with van der Waals surface area (Å²) in [5.41, 5.74) is 4.46. The Kier molecular flexibility index (Phi) is 4.95. The maximum Gasteiger partial charge on any atom is 0.418 e. The van der Waals surface area contributed by atoms with Gasteiger partial charge in [-0.1, -0.05) is 12.1 Å². The smallest absolute Gasteiger partial charge is 0.368 e. The van der Waals surface area contributed by atoms with Crippen LogP contribution in [0.4, 0.5) is 17.6 Å². The third-order valence-electron chi connectivity index (χ3n) is 3.16. The van der Waals surface area contributed by atoms with Gasteiger partial charge in [-0.2, -0.15) is 13.2 Å². The third-order valence-corrected chi connectivity index (χ3v) is 3.16. The topological polar surface area (TPSA) is 68.0 Å². The van der Waals surface area contributed by atoms with Gasteiger partial charge >= 0.3 is 6.18 Å². The van der Waals surface area contributed by atoms with E-state index in [4.69, 9.17) is 5.73 Å². The molecule has 8 heteroatoms. The van der Waals surface area contributed by atoms with E-state index in [2.05, 4.69) is 10.3 Å². The van der Waals surface area contributed by atoms with E-state index >= 15 is 0 Å². The van der Waals surface area contributed by atoms with E-state index in [1.807, 2.05) is 0 Å². The van der Waals surface area contributed by atoms with Crippen molar-refractivity contribution in [2.45, 2.75) is 18.8 Å². The number of carbonyl (C=O) groups is 1. The van der Waals surface area contributed by atoms with Crippen LogP contribution in [0.5, 0.6) is 0 Å². The molecule has 1 amide bonds. The van der Waals surface area contributed by atoms with Crippen LogP contribution in [0.3, 0.4) is 0 Å². The summed E-state index contributed by atoms with van der Waals surface area (Å²) >= 11 is 0. The van der Waals surface area contributed by atoms with Crippen LogP contribution in [-0.2, 0) is 17.5 Å². The van der Waals surface area contributed by atoms with Gasteiger partial charge in [-0.25, -0.2) is 4.39 Å². The summed E-state index contributed by atoms with van der Waals surface area (Å²) in [6.45, 7) is -0.319. The lowest BCUT2D eigenvalue weighted by Crippen LogP contribution is -2.34. The van der Waals surface area contributed by atoms with Crippen LogP contribution in [-0.4, -0.2) is 10.9 Å². The van der Waals surface area contributed by atoms with Crippen LogP contribution < -0.4 is 11.1 Å². The maximum atomic E-state index is 12.9. The van der Waals surface area contributed by atoms with E-state index in [-0.39, 0.29) is 12.2 Å². The Balaban J connectivity index is 2.20. The lowest BCUT2D eigenvalue weighted by molar-refractivity contribution is -0.138. The number of hydrogen-bond acceptors (Lipinski definition) is 3. The molecule has 0 aliphatic rings. The number of pyridine rings is 1. The predicted molar refractivity (Wildman–Crippen MR) is 74.4 cm³/mol. The molecule has 3 N–H and O–H groups in total. The number of carbonyl (C=O) groups excluding carboxylic acids is 1. The molecule has 23 heavy (non-hydrogen) atoms. The van der Waals surface area contributed by atoms with Crippen LogP contribution in [0.2, 0.25) is 0 Å². The molecule has 122 valence electrons. The fourth-order valence-corrected chi connectivity index (χ4v) is 2.07. The minimum atomic E-state index is -4.55. The van der Waals surface area contributed by atoms with Crippen molar-refractivity contribution in [3.8, 4) is 0 Å². The maximum absolute atomic E-state index is 12.9. The first-order chi connectivity index (χ1) is 10.8. The fourth-order valence-electron chi connectivity index (χ4n) is 2.07. The number of alkyl halides is 3. The Labute approximate surface area is 129 Å². The van der Waals surface area contributed by atoms with E-state index in [1.165, 1.54) is 24.4 Å². The molecule has 4 nitrogen and oxygen atoms in total. The van der Waals surface area contributed by atoms with E-state index < -0.39 is 29.5 Å². The van der Waals surface area contributed by atoms with Gasteiger partial charge in [-0.3, -0.25) is 15.1 Å². The lowest BCUT2D eigenvalue weighted by atomic mass is 10.1. The minimum absolute atomic E-state index is 0.256. The number of aromatic nitrogens is 1. The molecule has 1 atom stereocenters. The van der Waals surface area contributed by atoms with Crippen LogP contribution in [0.25, 0.3) is 0 Å². The van der Waals surface area contributed by atoms with Gasteiger partial charge in [0, 0.05) is 12.7 Å². The van der Waals surface area contributed by atoms with E-state index in [0.29, 0.717) is 5.56 Å². The summed E-state index contributed by atoms with van der Waals surface area (Å²) < 4.78 is 51.6. The molecular weight excluding hydrogens is 314 g/mol. The normalized spacial score (nSPS) is 12.9. The first-order valence-electron chi connectivity index (χ1n) is 6.58. The van der Waals surface area contributed by atoms with Gasteiger partial charge in [0.2, 0.25) is 5.91 Å². The van der Waals surface area contributed by atoms with Crippen molar-refractivity contribution < 1.29 is 22.4 Å². The largest absolute Gasteiger partial charge is 0.418 e. The van der Waals surface area contributed by atoms with Gasteiger partial charge in [-0.15, -0.1) is 0 Å². The number of hydrogen-bond donors (Lipinski definition) is 2. The highest BCUT2D eigenvalue weighted by Crippen LogP contribution is 2.31. The number of rotatable bonds is 5. The molecule has 0 spiro atoms. The molecule has 0 unspecified atom stereocenters. The Bertz CT molecular complexity index is 686. The summed E-state index contributed by atoms with van der Waals surface area (Å²) in [6, 6.07) is 5.96. The standard InChI is InChI=1S/C15H13F4N3O/c16-10-5-3-9(4-6-10)13(14(20)23)22-8-12-11(15(17,18)19)2-1-7-21-12/h1-7,13,22H,8H2,(H2,20,23)/t13-/m0/s1. The van der Waals surface area contributed by atoms with Crippen molar-refractivity contribution >= 4 is 5.91 Å². The highest BCUT2D eigenvalue weighted by molar-refractivity contribution is 5.81. The van der Waals surface area contributed by atoms with Gasteiger partial charge in [0.1, 0.15) is 11.9 Å². The summed E-state index contributed by atoms with van der Waals surface area (Å²) in [7, 11) is 0. The number of nitrogens with one attached hydrogen (secondary N) is 1. The minimum Gasteiger partial charge on any atom is -0.368 e. The summed E-state index contributed by atoms with van der Waals surface area (Å²) in [5, 5.41) is 2.62. The fraction of sp³-hybridized carbons (Fsp3) is 0.200. The van der Waals surface area contributed by atoms with Crippen molar-refractivity contribution in [1.82, 2.24) is 10.3 Å². The average molecular weight is 327 g/mol. The highest BCUT2D eigenvalue weighted by atomic mass is 19.4. The number of primary amides is 1. The van der Waals surface area contributed by atoms with Crippen molar-refractivity contribution in [2.75, 3.05) is 0 Å². The molecule has 2 aromatic rings. The second-order valence-electron chi connectivity index (χ2n) is 4.76. The van der Waals surface area contributed by atoms with E-state index in [1.54, 1.807) is 0 Å². The van der Waals surface area contributed by atoms with Crippen molar-refractivity contribution in [3.63, 3.8) is 0 Å². The van der Waals surface area contributed by atoms with E-state index in [0.717, 1.165) is 18.2 Å².